The van der Waals surface area contributed by atoms with E-state index in [-0.39, 0.29) is 64.6 Å². The van der Waals surface area contributed by atoms with Crippen LogP contribution in [0.3, 0.4) is 0 Å². The zero-order chi connectivity index (χ0) is 26.2. The molecule has 0 radical (unpaired) electrons. The van der Waals surface area contributed by atoms with E-state index in [1.54, 1.807) is 18.2 Å². The molecule has 1 fully saturated rings. The predicted octanol–water partition coefficient (Wildman–Crippen LogP) is 5.60. The number of nitrogens with one attached hydrogen (secondary N) is 1. The molecule has 0 aliphatic carbocycles. The first kappa shape index (κ1) is 32.8. The zero-order valence-electron chi connectivity index (χ0n) is 20.7. The van der Waals surface area contributed by atoms with Gasteiger partial charge in [0.1, 0.15) is 17.5 Å². The summed E-state index contributed by atoms with van der Waals surface area (Å²) in [5.41, 5.74) is 1.41. The maximum Gasteiger partial charge on any atom is 0.336 e. The molecule has 214 valence electrons. The van der Waals surface area contributed by atoms with E-state index < -0.39 is 21.8 Å². The maximum atomic E-state index is 13.5. The van der Waals surface area contributed by atoms with Gasteiger partial charge < -0.3 is 14.9 Å². The number of halogens is 5. The van der Waals surface area contributed by atoms with Gasteiger partial charge in [0.05, 0.1) is 16.0 Å². The van der Waals surface area contributed by atoms with Crippen molar-refractivity contribution in [2.75, 3.05) is 40.7 Å². The summed E-state index contributed by atoms with van der Waals surface area (Å²) in [5.74, 6) is -1.67. The number of carboxylic acids is 1. The van der Waals surface area contributed by atoms with Crippen molar-refractivity contribution < 1.29 is 27.1 Å². The van der Waals surface area contributed by atoms with Crippen LogP contribution in [0.4, 0.5) is 26.0 Å². The molecule has 0 saturated carbocycles. The molecule has 3 aromatic carbocycles. The highest BCUT2D eigenvalue weighted by Gasteiger charge is 2.22. The van der Waals surface area contributed by atoms with Crippen molar-refractivity contribution in [3.63, 3.8) is 0 Å². The molecule has 14 heteroatoms. The second-order valence-electron chi connectivity index (χ2n) is 8.58. The van der Waals surface area contributed by atoms with Gasteiger partial charge in [0.25, 0.3) is 10.0 Å². The van der Waals surface area contributed by atoms with Crippen LogP contribution in [0.1, 0.15) is 10.4 Å². The third-order valence-electron chi connectivity index (χ3n) is 6.18. The number of hydrogen-bond donors (Lipinski definition) is 2. The number of sulfonamides is 1. The fourth-order valence-corrected chi connectivity index (χ4v) is 5.39. The van der Waals surface area contributed by atoms with E-state index in [1.807, 2.05) is 4.90 Å². The molecule has 1 saturated heterocycles. The molecule has 0 spiro atoms. The Balaban J connectivity index is 0.00000187. The molecule has 2 heterocycles. The number of benzene rings is 3. The number of aromatic carboxylic acids is 1. The Morgan fingerprint density at radius 2 is 1.48 bits per heavy atom. The largest absolute Gasteiger partial charge is 0.478 e. The molecule has 0 unspecified atom stereocenters. The Morgan fingerprint density at radius 3 is 2.10 bits per heavy atom. The van der Waals surface area contributed by atoms with Gasteiger partial charge in [-0.05, 0) is 66.7 Å². The molecule has 5 rings (SSSR count). The Kier molecular flexibility index (Phi) is 10.9. The van der Waals surface area contributed by atoms with Gasteiger partial charge in [-0.1, -0.05) is 6.07 Å². The van der Waals surface area contributed by atoms with Gasteiger partial charge >= 0.3 is 5.97 Å². The summed E-state index contributed by atoms with van der Waals surface area (Å²) in [6.45, 7) is 2.46. The number of anilines is 3. The van der Waals surface area contributed by atoms with Crippen molar-refractivity contribution in [1.82, 2.24) is 4.98 Å². The molecule has 0 bridgehead atoms. The molecule has 1 aromatic heterocycles. The SMILES string of the molecule is Cl.Cl.Cl.O=C(O)c1cc(N2CCN(c3ccc(F)cc3)CC2)nc2ccc(NS(=O)(=O)c3cccc(F)c3)cc12. The summed E-state index contributed by atoms with van der Waals surface area (Å²) in [4.78, 5) is 20.6. The minimum atomic E-state index is -4.08. The molecule has 4 aromatic rings. The fourth-order valence-electron chi connectivity index (χ4n) is 4.31. The number of piperazine rings is 1. The van der Waals surface area contributed by atoms with Gasteiger partial charge in [0.2, 0.25) is 0 Å². The van der Waals surface area contributed by atoms with Gasteiger partial charge in [-0.3, -0.25) is 4.72 Å². The van der Waals surface area contributed by atoms with Crippen LogP contribution in [0.25, 0.3) is 10.9 Å². The summed E-state index contributed by atoms with van der Waals surface area (Å²) < 4.78 is 54.5. The minimum absolute atomic E-state index is 0. The molecular formula is C26H25Cl3F2N4O4S. The highest BCUT2D eigenvalue weighted by molar-refractivity contribution is 7.92. The van der Waals surface area contributed by atoms with E-state index in [0.29, 0.717) is 37.5 Å². The summed E-state index contributed by atoms with van der Waals surface area (Å²) in [7, 11) is -4.08. The molecule has 40 heavy (non-hydrogen) atoms. The van der Waals surface area contributed by atoms with E-state index in [9.17, 15) is 27.1 Å². The van der Waals surface area contributed by atoms with Crippen LogP contribution in [0.5, 0.6) is 0 Å². The van der Waals surface area contributed by atoms with Crippen LogP contribution >= 0.6 is 37.2 Å². The lowest BCUT2D eigenvalue weighted by Gasteiger charge is -2.37. The van der Waals surface area contributed by atoms with Crippen LogP contribution in [0.15, 0.2) is 77.7 Å². The number of hydrogen-bond acceptors (Lipinski definition) is 6. The second-order valence-corrected chi connectivity index (χ2v) is 10.3. The van der Waals surface area contributed by atoms with Crippen molar-refractivity contribution in [3.8, 4) is 0 Å². The smallest absolute Gasteiger partial charge is 0.336 e. The molecule has 0 atom stereocenters. The third kappa shape index (κ3) is 7.03. The number of fused-ring (bicyclic) bond motifs is 1. The average Bonchev–Trinajstić information content (AvgIpc) is 2.88. The van der Waals surface area contributed by atoms with Crippen molar-refractivity contribution in [2.45, 2.75) is 4.90 Å². The number of carbonyl (C=O) groups is 1. The number of rotatable bonds is 6. The van der Waals surface area contributed by atoms with Crippen LogP contribution in [0.2, 0.25) is 0 Å². The number of carboxylic acid groups (broad SMARTS) is 1. The summed E-state index contributed by atoms with van der Waals surface area (Å²) >= 11 is 0. The number of nitrogens with zero attached hydrogens (tertiary/aromatic N) is 3. The molecular weight excluding hydrogens is 609 g/mol. The number of pyridine rings is 1. The first-order chi connectivity index (χ1) is 17.7. The summed E-state index contributed by atoms with van der Waals surface area (Å²) in [6, 6.07) is 16.8. The zero-order valence-corrected chi connectivity index (χ0v) is 23.9. The molecule has 8 nitrogen and oxygen atoms in total. The molecule has 1 aliphatic heterocycles. The van der Waals surface area contributed by atoms with Gasteiger partial charge in [-0.25, -0.2) is 27.0 Å². The highest BCUT2D eigenvalue weighted by atomic mass is 35.5. The van der Waals surface area contributed by atoms with Crippen molar-refractivity contribution >= 4 is 81.3 Å². The third-order valence-corrected chi connectivity index (χ3v) is 7.56. The van der Waals surface area contributed by atoms with Crippen molar-refractivity contribution in [1.29, 1.82) is 0 Å². The monoisotopic (exact) mass is 632 g/mol. The first-order valence-electron chi connectivity index (χ1n) is 11.4. The molecule has 0 amide bonds. The average molecular weight is 634 g/mol. The normalized spacial score (nSPS) is 13.1. The van der Waals surface area contributed by atoms with E-state index in [2.05, 4.69) is 14.6 Å². The standard InChI is InChI=1S/C26H22F2N4O4S.3ClH/c27-17-4-7-20(8-5-17)31-10-12-32(13-11-31)25-16-23(26(33)34)22-15-19(6-9-24(22)29-25)30-37(35,36)21-3-1-2-18(28)14-21;;;/h1-9,14-16,30H,10-13H2,(H,33,34);3*1H. The minimum Gasteiger partial charge on any atom is -0.478 e. The quantitative estimate of drug-likeness (QED) is 0.285. The van der Waals surface area contributed by atoms with Gasteiger partial charge in [-0.15, -0.1) is 37.2 Å². The topological polar surface area (TPSA) is 103 Å². The summed E-state index contributed by atoms with van der Waals surface area (Å²) in [6.07, 6.45) is 0. The van der Waals surface area contributed by atoms with E-state index in [0.717, 1.165) is 17.8 Å². The van der Waals surface area contributed by atoms with Gasteiger partial charge in [0, 0.05) is 42.9 Å². The fraction of sp³-hybridized carbons (Fsp3) is 0.154. The predicted molar refractivity (Wildman–Crippen MR) is 158 cm³/mol. The Hall–Kier alpha value is -3.38. The van der Waals surface area contributed by atoms with Crippen LogP contribution < -0.4 is 14.5 Å². The van der Waals surface area contributed by atoms with Gasteiger partial charge in [0.15, 0.2) is 0 Å². The first-order valence-corrected chi connectivity index (χ1v) is 12.9. The van der Waals surface area contributed by atoms with Crippen molar-refractivity contribution in [2.24, 2.45) is 0 Å². The lowest BCUT2D eigenvalue weighted by Crippen LogP contribution is -2.46. The van der Waals surface area contributed by atoms with E-state index >= 15 is 0 Å². The molecule has 2 N–H and O–H groups in total. The lowest BCUT2D eigenvalue weighted by molar-refractivity contribution is 0.0699. The van der Waals surface area contributed by atoms with Crippen LogP contribution in [0, 0.1) is 11.6 Å². The summed E-state index contributed by atoms with van der Waals surface area (Å²) in [5, 5.41) is 10.1. The molecule has 1 aliphatic rings. The van der Waals surface area contributed by atoms with Crippen LogP contribution in [-0.4, -0.2) is 50.7 Å². The van der Waals surface area contributed by atoms with Gasteiger partial charge in [-0.2, -0.15) is 0 Å². The second kappa shape index (κ2) is 13.3. The lowest BCUT2D eigenvalue weighted by atomic mass is 10.1. The van der Waals surface area contributed by atoms with E-state index in [1.165, 1.54) is 42.5 Å². The number of aromatic nitrogens is 1. The van der Waals surface area contributed by atoms with E-state index in [4.69, 9.17) is 0 Å². The maximum absolute atomic E-state index is 13.5. The highest BCUT2D eigenvalue weighted by Crippen LogP contribution is 2.28. The Bertz CT molecular complexity index is 1600. The Labute approximate surface area is 248 Å². The van der Waals surface area contributed by atoms with Crippen LogP contribution in [-0.2, 0) is 10.0 Å². The van der Waals surface area contributed by atoms with Crippen molar-refractivity contribution in [3.05, 3.63) is 90.0 Å². The Morgan fingerprint density at radius 1 is 0.825 bits per heavy atom.